The smallest absolute Gasteiger partial charge is 0.258 e. The SMILES string of the molecule is C=C(NCc1cnc(C)cc1CC)c1cc(NC(=O)c2cc(F)c(F)cc2Cl)n[nH]1. The van der Waals surface area contributed by atoms with Crippen LogP contribution in [0.1, 0.15) is 39.8 Å². The second-order valence-electron chi connectivity index (χ2n) is 6.65. The number of H-pyrrole nitrogens is 1. The summed E-state index contributed by atoms with van der Waals surface area (Å²) in [5, 5.41) is 12.2. The van der Waals surface area contributed by atoms with E-state index in [1.165, 1.54) is 5.56 Å². The van der Waals surface area contributed by atoms with E-state index in [4.69, 9.17) is 11.6 Å². The Morgan fingerprint density at radius 3 is 2.67 bits per heavy atom. The first-order valence-electron chi connectivity index (χ1n) is 9.17. The summed E-state index contributed by atoms with van der Waals surface area (Å²) in [6.07, 6.45) is 2.72. The van der Waals surface area contributed by atoms with Crippen LogP contribution in [0.15, 0.2) is 37.0 Å². The van der Waals surface area contributed by atoms with Crippen LogP contribution < -0.4 is 10.6 Å². The molecule has 156 valence electrons. The van der Waals surface area contributed by atoms with E-state index in [9.17, 15) is 13.6 Å². The molecule has 0 saturated carbocycles. The molecule has 0 fully saturated rings. The van der Waals surface area contributed by atoms with E-state index >= 15 is 0 Å². The zero-order valence-corrected chi connectivity index (χ0v) is 17.2. The number of hydrogen-bond donors (Lipinski definition) is 3. The number of aryl methyl sites for hydroxylation is 2. The number of nitrogens with zero attached hydrogens (tertiary/aromatic N) is 2. The van der Waals surface area contributed by atoms with Crippen LogP contribution in [0.2, 0.25) is 5.02 Å². The summed E-state index contributed by atoms with van der Waals surface area (Å²) in [6.45, 7) is 8.53. The highest BCUT2D eigenvalue weighted by atomic mass is 35.5. The number of aromatic amines is 1. The van der Waals surface area contributed by atoms with Gasteiger partial charge in [-0.15, -0.1) is 0 Å². The third-order valence-corrected chi connectivity index (χ3v) is 4.80. The molecule has 9 heteroatoms. The Morgan fingerprint density at radius 2 is 1.93 bits per heavy atom. The van der Waals surface area contributed by atoms with Crippen LogP contribution in [0.25, 0.3) is 5.70 Å². The lowest BCUT2D eigenvalue weighted by Gasteiger charge is -2.11. The molecule has 0 unspecified atom stereocenters. The van der Waals surface area contributed by atoms with Crippen molar-refractivity contribution in [2.75, 3.05) is 5.32 Å². The number of anilines is 1. The molecule has 3 rings (SSSR count). The topological polar surface area (TPSA) is 82.7 Å². The van der Waals surface area contributed by atoms with Gasteiger partial charge in [-0.2, -0.15) is 5.10 Å². The van der Waals surface area contributed by atoms with Crippen molar-refractivity contribution < 1.29 is 13.6 Å². The summed E-state index contributed by atoms with van der Waals surface area (Å²) < 4.78 is 26.6. The largest absolute Gasteiger partial charge is 0.380 e. The van der Waals surface area contributed by atoms with Crippen molar-refractivity contribution in [2.45, 2.75) is 26.8 Å². The lowest BCUT2D eigenvalue weighted by molar-refractivity contribution is 0.102. The van der Waals surface area contributed by atoms with Crippen molar-refractivity contribution >= 4 is 29.0 Å². The molecular formula is C21H20ClF2N5O. The molecule has 0 atom stereocenters. The van der Waals surface area contributed by atoms with Gasteiger partial charge in [-0.3, -0.25) is 14.9 Å². The zero-order valence-electron chi connectivity index (χ0n) is 16.4. The minimum absolute atomic E-state index is 0.185. The molecule has 0 aliphatic rings. The molecule has 0 aliphatic heterocycles. The molecule has 2 heterocycles. The third kappa shape index (κ3) is 4.83. The van der Waals surface area contributed by atoms with E-state index < -0.39 is 17.5 Å². The van der Waals surface area contributed by atoms with Crippen LogP contribution in [0.3, 0.4) is 0 Å². The Bertz CT molecular complexity index is 1110. The predicted molar refractivity (Wildman–Crippen MR) is 112 cm³/mol. The van der Waals surface area contributed by atoms with Gasteiger partial charge in [0.05, 0.1) is 22.0 Å². The molecule has 30 heavy (non-hydrogen) atoms. The number of amides is 1. The minimum Gasteiger partial charge on any atom is -0.380 e. The number of carbonyl (C=O) groups is 1. The van der Waals surface area contributed by atoms with E-state index in [-0.39, 0.29) is 16.4 Å². The summed E-state index contributed by atoms with van der Waals surface area (Å²) in [4.78, 5) is 16.6. The van der Waals surface area contributed by atoms with Gasteiger partial charge in [0.15, 0.2) is 17.5 Å². The summed E-state index contributed by atoms with van der Waals surface area (Å²) in [5.41, 5.74) is 4.14. The summed E-state index contributed by atoms with van der Waals surface area (Å²) in [6, 6.07) is 5.10. The lowest BCUT2D eigenvalue weighted by Crippen LogP contribution is -2.14. The van der Waals surface area contributed by atoms with Gasteiger partial charge in [0.25, 0.3) is 5.91 Å². The number of aromatic nitrogens is 3. The van der Waals surface area contributed by atoms with Gasteiger partial charge in [0.2, 0.25) is 0 Å². The Kier molecular flexibility index (Phi) is 6.47. The van der Waals surface area contributed by atoms with Gasteiger partial charge < -0.3 is 10.6 Å². The maximum atomic E-state index is 13.4. The standard InChI is InChI=1S/C21H20ClF2N5O/c1-4-13-5-11(2)25-9-14(13)10-26-12(3)19-8-20(29-28-19)27-21(30)15-6-17(23)18(24)7-16(15)22/h5-9,26H,3-4,10H2,1-2H3,(H2,27,28,29,30). The summed E-state index contributed by atoms with van der Waals surface area (Å²) in [7, 11) is 0. The van der Waals surface area contributed by atoms with E-state index in [0.29, 0.717) is 17.9 Å². The molecule has 0 bridgehead atoms. The second-order valence-corrected chi connectivity index (χ2v) is 7.05. The highest BCUT2D eigenvalue weighted by Crippen LogP contribution is 2.22. The fourth-order valence-electron chi connectivity index (χ4n) is 2.85. The molecular weight excluding hydrogens is 412 g/mol. The number of hydrogen-bond acceptors (Lipinski definition) is 4. The fraction of sp³-hybridized carbons (Fsp3) is 0.190. The van der Waals surface area contributed by atoms with Crippen molar-refractivity contribution in [3.05, 3.63) is 81.8 Å². The molecule has 3 aromatic rings. The third-order valence-electron chi connectivity index (χ3n) is 4.49. The Morgan fingerprint density at radius 1 is 1.20 bits per heavy atom. The monoisotopic (exact) mass is 431 g/mol. The molecule has 0 radical (unpaired) electrons. The average Bonchev–Trinajstić information content (AvgIpc) is 3.17. The minimum atomic E-state index is -1.16. The van der Waals surface area contributed by atoms with Gasteiger partial charge in [-0.25, -0.2) is 8.78 Å². The van der Waals surface area contributed by atoms with Crippen LogP contribution in [0.4, 0.5) is 14.6 Å². The van der Waals surface area contributed by atoms with Crippen LogP contribution in [-0.4, -0.2) is 21.1 Å². The first-order valence-corrected chi connectivity index (χ1v) is 9.55. The average molecular weight is 432 g/mol. The maximum Gasteiger partial charge on any atom is 0.258 e. The highest BCUT2D eigenvalue weighted by Gasteiger charge is 2.16. The van der Waals surface area contributed by atoms with Crippen LogP contribution >= 0.6 is 11.6 Å². The Labute approximate surface area is 177 Å². The van der Waals surface area contributed by atoms with Crippen molar-refractivity contribution in [1.82, 2.24) is 20.5 Å². The lowest BCUT2D eigenvalue weighted by atomic mass is 10.1. The molecule has 2 aromatic heterocycles. The first kappa shape index (κ1) is 21.4. The van der Waals surface area contributed by atoms with Gasteiger partial charge in [-0.1, -0.05) is 25.1 Å². The maximum absolute atomic E-state index is 13.4. The molecule has 1 amide bonds. The summed E-state index contributed by atoms with van der Waals surface area (Å²) >= 11 is 5.83. The number of nitrogens with one attached hydrogen (secondary N) is 3. The van der Waals surface area contributed by atoms with Gasteiger partial charge >= 0.3 is 0 Å². The van der Waals surface area contributed by atoms with Gasteiger partial charge in [0, 0.05) is 24.5 Å². The number of benzene rings is 1. The van der Waals surface area contributed by atoms with Crippen LogP contribution in [-0.2, 0) is 13.0 Å². The zero-order chi connectivity index (χ0) is 21.8. The van der Waals surface area contributed by atoms with Gasteiger partial charge in [-0.05, 0) is 42.7 Å². The van der Waals surface area contributed by atoms with Crippen molar-refractivity contribution in [3.8, 4) is 0 Å². The molecule has 1 aromatic carbocycles. The molecule has 6 nitrogen and oxygen atoms in total. The van der Waals surface area contributed by atoms with Crippen molar-refractivity contribution in [3.63, 3.8) is 0 Å². The Hall–Kier alpha value is -3.26. The van der Waals surface area contributed by atoms with Crippen LogP contribution in [0.5, 0.6) is 0 Å². The van der Waals surface area contributed by atoms with Gasteiger partial charge in [0.1, 0.15) is 0 Å². The molecule has 0 saturated heterocycles. The fourth-order valence-corrected chi connectivity index (χ4v) is 3.09. The summed E-state index contributed by atoms with van der Waals surface area (Å²) in [5.74, 6) is -2.82. The number of carbonyl (C=O) groups excluding carboxylic acids is 1. The number of rotatable bonds is 7. The van der Waals surface area contributed by atoms with Crippen LogP contribution in [0, 0.1) is 18.6 Å². The highest BCUT2D eigenvalue weighted by molar-refractivity contribution is 6.34. The van der Waals surface area contributed by atoms with E-state index in [1.807, 2.05) is 19.2 Å². The molecule has 3 N–H and O–H groups in total. The molecule has 0 spiro atoms. The molecule has 0 aliphatic carbocycles. The normalized spacial score (nSPS) is 10.7. The van der Waals surface area contributed by atoms with Crippen molar-refractivity contribution in [2.24, 2.45) is 0 Å². The van der Waals surface area contributed by atoms with Crippen molar-refractivity contribution in [1.29, 1.82) is 0 Å². The van der Waals surface area contributed by atoms with E-state index in [0.717, 1.165) is 29.8 Å². The Balaban J connectivity index is 1.65. The first-order chi connectivity index (χ1) is 14.3. The number of halogens is 3. The predicted octanol–water partition coefficient (Wildman–Crippen LogP) is 4.62. The second kappa shape index (κ2) is 9.04. The quantitative estimate of drug-likeness (QED) is 0.477. The van der Waals surface area contributed by atoms with E-state index in [1.54, 1.807) is 6.07 Å². The number of pyridine rings is 1. The van der Waals surface area contributed by atoms with E-state index in [2.05, 4.69) is 39.3 Å².